The summed E-state index contributed by atoms with van der Waals surface area (Å²) in [5.41, 5.74) is 1.81. The van der Waals surface area contributed by atoms with Gasteiger partial charge in [0.2, 0.25) is 0 Å². The van der Waals surface area contributed by atoms with Crippen LogP contribution >= 0.6 is 11.6 Å². The molecule has 1 atom stereocenters. The smallest absolute Gasteiger partial charge is 0.263 e. The van der Waals surface area contributed by atoms with Crippen LogP contribution < -0.4 is 5.32 Å². The summed E-state index contributed by atoms with van der Waals surface area (Å²) in [6.07, 6.45) is 6.73. The molecule has 0 saturated carbocycles. The minimum absolute atomic E-state index is 0.289. The molecule has 3 rings (SSSR count). The van der Waals surface area contributed by atoms with Crippen molar-refractivity contribution in [2.45, 2.75) is 25.4 Å². The van der Waals surface area contributed by atoms with Crippen molar-refractivity contribution < 1.29 is 10.0 Å². The quantitative estimate of drug-likeness (QED) is 0.845. The maximum absolute atomic E-state index is 11.9. The Bertz CT molecular complexity index is 660. The molecule has 2 heterocycles. The second-order valence-corrected chi connectivity index (χ2v) is 5.65. The summed E-state index contributed by atoms with van der Waals surface area (Å²) in [5, 5.41) is 14.1. The van der Waals surface area contributed by atoms with Gasteiger partial charge in [-0.3, -0.25) is 10.0 Å². The molecule has 7 heteroatoms. The first-order valence-corrected chi connectivity index (χ1v) is 7.54. The Morgan fingerprint density at radius 3 is 3.09 bits per heavy atom. The summed E-state index contributed by atoms with van der Waals surface area (Å²) < 4.78 is 1.88. The number of hydrogen-bond donors (Lipinski definition) is 2. The third kappa shape index (κ3) is 2.99. The van der Waals surface area contributed by atoms with Gasteiger partial charge < -0.3 is 9.88 Å². The van der Waals surface area contributed by atoms with Gasteiger partial charge in [0.15, 0.2) is 0 Å². The monoisotopic (exact) mass is 320 g/mol. The summed E-state index contributed by atoms with van der Waals surface area (Å²) >= 11 is 6.31. The highest BCUT2D eigenvalue weighted by Gasteiger charge is 2.27. The highest BCUT2D eigenvalue weighted by atomic mass is 35.5. The molecule has 1 amide bonds. The van der Waals surface area contributed by atoms with Crippen LogP contribution in [0.2, 0.25) is 5.02 Å². The van der Waals surface area contributed by atoms with Crippen molar-refractivity contribution in [1.82, 2.24) is 19.9 Å². The van der Waals surface area contributed by atoms with Crippen LogP contribution in [0.4, 0.5) is 0 Å². The molecule has 0 aliphatic carbocycles. The molecule has 0 radical (unpaired) electrons. The van der Waals surface area contributed by atoms with E-state index >= 15 is 0 Å². The fourth-order valence-electron chi connectivity index (χ4n) is 2.64. The number of rotatable bonds is 4. The van der Waals surface area contributed by atoms with Gasteiger partial charge in [-0.15, -0.1) is 0 Å². The normalized spacial score (nSPS) is 18.7. The molecule has 0 bridgehead atoms. The molecule has 1 aromatic heterocycles. The maximum atomic E-state index is 11.9. The fraction of sp³-hybridized carbons (Fsp3) is 0.333. The fourth-order valence-corrected chi connectivity index (χ4v) is 2.88. The van der Waals surface area contributed by atoms with E-state index in [1.54, 1.807) is 12.5 Å². The number of halogens is 1. The number of piperidine rings is 1. The van der Waals surface area contributed by atoms with Crippen molar-refractivity contribution in [1.29, 1.82) is 0 Å². The average Bonchev–Trinajstić information content (AvgIpc) is 3.04. The number of imidazole rings is 1. The van der Waals surface area contributed by atoms with Crippen molar-refractivity contribution in [2.24, 2.45) is 0 Å². The summed E-state index contributed by atoms with van der Waals surface area (Å²) in [7, 11) is 0. The van der Waals surface area contributed by atoms with Gasteiger partial charge in [0.05, 0.1) is 18.1 Å². The molecule has 22 heavy (non-hydrogen) atoms. The van der Waals surface area contributed by atoms with Crippen LogP contribution in [0.3, 0.4) is 0 Å². The van der Waals surface area contributed by atoms with Gasteiger partial charge in [0.1, 0.15) is 0 Å². The van der Waals surface area contributed by atoms with Crippen LogP contribution in [0.25, 0.3) is 5.69 Å². The zero-order valence-electron chi connectivity index (χ0n) is 11.9. The lowest BCUT2D eigenvalue weighted by Gasteiger charge is -2.28. The average molecular weight is 321 g/mol. The Hall–Kier alpha value is -1.89. The van der Waals surface area contributed by atoms with E-state index in [2.05, 4.69) is 10.3 Å². The van der Waals surface area contributed by atoms with Crippen LogP contribution in [0.5, 0.6) is 0 Å². The number of carbonyl (C=O) groups excluding carboxylic acids is 1. The third-order valence-corrected chi connectivity index (χ3v) is 4.17. The molecule has 116 valence electrons. The first kappa shape index (κ1) is 15.0. The Morgan fingerprint density at radius 1 is 1.45 bits per heavy atom. The Balaban J connectivity index is 1.79. The van der Waals surface area contributed by atoms with E-state index in [1.807, 2.05) is 29.0 Å². The predicted molar refractivity (Wildman–Crippen MR) is 81.9 cm³/mol. The van der Waals surface area contributed by atoms with Gasteiger partial charge in [0, 0.05) is 36.1 Å². The summed E-state index contributed by atoms with van der Waals surface area (Å²) in [4.78, 5) is 16.0. The zero-order chi connectivity index (χ0) is 15.5. The number of carbonyl (C=O) groups is 1. The van der Waals surface area contributed by atoms with Crippen LogP contribution in [-0.4, -0.2) is 38.3 Å². The van der Waals surface area contributed by atoms with Crippen LogP contribution in [0.1, 0.15) is 18.4 Å². The minimum atomic E-state index is -0.384. The first-order chi connectivity index (χ1) is 10.7. The lowest BCUT2D eigenvalue weighted by Crippen LogP contribution is -2.49. The van der Waals surface area contributed by atoms with E-state index in [0.717, 1.165) is 22.7 Å². The topological polar surface area (TPSA) is 70.4 Å². The summed E-state index contributed by atoms with van der Waals surface area (Å²) in [6, 6.07) is 5.26. The molecular weight excluding hydrogens is 304 g/mol. The third-order valence-electron chi connectivity index (χ3n) is 3.82. The Morgan fingerprint density at radius 2 is 2.32 bits per heavy atom. The predicted octanol–water partition coefficient (Wildman–Crippen LogP) is 2.00. The summed E-state index contributed by atoms with van der Waals surface area (Å²) in [5.74, 6) is -0.289. The van der Waals surface area contributed by atoms with Crippen molar-refractivity contribution in [3.8, 4) is 5.69 Å². The summed E-state index contributed by atoms with van der Waals surface area (Å²) in [6.45, 7) is 0.834. The van der Waals surface area contributed by atoms with E-state index in [4.69, 9.17) is 11.6 Å². The Kier molecular flexibility index (Phi) is 4.42. The number of nitrogens with zero attached hydrogens (tertiary/aromatic N) is 3. The van der Waals surface area contributed by atoms with Crippen molar-refractivity contribution in [2.75, 3.05) is 6.54 Å². The number of hydrogen-bond acceptors (Lipinski definition) is 4. The Labute approximate surface area is 133 Å². The van der Waals surface area contributed by atoms with Gasteiger partial charge >= 0.3 is 0 Å². The number of amides is 1. The molecule has 1 aliphatic rings. The molecule has 1 fully saturated rings. The second-order valence-electron chi connectivity index (χ2n) is 5.24. The molecule has 1 unspecified atom stereocenters. The molecule has 6 nitrogen and oxygen atoms in total. The largest absolute Gasteiger partial charge is 0.306 e. The second kappa shape index (κ2) is 6.48. The molecule has 1 aliphatic heterocycles. The molecule has 1 aromatic carbocycles. The van der Waals surface area contributed by atoms with Gasteiger partial charge in [-0.1, -0.05) is 17.7 Å². The lowest BCUT2D eigenvalue weighted by atomic mass is 10.1. The van der Waals surface area contributed by atoms with E-state index in [1.165, 1.54) is 0 Å². The number of nitrogens with one attached hydrogen (secondary N) is 1. The van der Waals surface area contributed by atoms with Crippen molar-refractivity contribution in [3.05, 3.63) is 47.5 Å². The highest BCUT2D eigenvalue weighted by Crippen LogP contribution is 2.23. The molecular formula is C15H17ClN4O2. The molecule has 2 aromatic rings. The molecule has 0 spiro atoms. The number of aromatic nitrogens is 2. The maximum Gasteiger partial charge on any atom is 0.263 e. The van der Waals surface area contributed by atoms with Gasteiger partial charge in [0.25, 0.3) is 5.91 Å². The van der Waals surface area contributed by atoms with E-state index in [-0.39, 0.29) is 11.9 Å². The van der Waals surface area contributed by atoms with E-state index in [0.29, 0.717) is 24.5 Å². The standard InChI is InChI=1S/C15H17ClN4O2/c16-12-3-1-5-14(19-8-6-17-10-19)11(12)9-18-13-4-2-7-20(22)15(13)21/h1,3,5-6,8,10,13,18,22H,2,4,7,9H2. The van der Waals surface area contributed by atoms with Crippen LogP contribution in [0.15, 0.2) is 36.9 Å². The van der Waals surface area contributed by atoms with Gasteiger partial charge in [-0.25, -0.2) is 10.0 Å². The molecule has 1 saturated heterocycles. The van der Waals surface area contributed by atoms with Gasteiger partial charge in [-0.2, -0.15) is 0 Å². The number of hydroxylamine groups is 2. The zero-order valence-corrected chi connectivity index (χ0v) is 12.7. The SMILES string of the molecule is O=C1C(NCc2c(Cl)cccc2-n2ccnc2)CCCN1O. The molecule has 2 N–H and O–H groups in total. The van der Waals surface area contributed by atoms with Crippen molar-refractivity contribution >= 4 is 17.5 Å². The van der Waals surface area contributed by atoms with Crippen LogP contribution in [0, 0.1) is 0 Å². The lowest BCUT2D eigenvalue weighted by molar-refractivity contribution is -0.172. The van der Waals surface area contributed by atoms with Crippen LogP contribution in [-0.2, 0) is 11.3 Å². The van der Waals surface area contributed by atoms with Gasteiger partial charge in [-0.05, 0) is 25.0 Å². The van der Waals surface area contributed by atoms with Crippen molar-refractivity contribution in [3.63, 3.8) is 0 Å². The number of benzene rings is 1. The minimum Gasteiger partial charge on any atom is -0.306 e. The highest BCUT2D eigenvalue weighted by molar-refractivity contribution is 6.31. The van der Waals surface area contributed by atoms with E-state index in [9.17, 15) is 10.0 Å². The van der Waals surface area contributed by atoms with E-state index < -0.39 is 0 Å². The first-order valence-electron chi connectivity index (χ1n) is 7.16.